The summed E-state index contributed by atoms with van der Waals surface area (Å²) >= 11 is 0. The molecule has 1 aromatic heterocycles. The molecule has 1 aliphatic rings. The minimum Gasteiger partial charge on any atom is -0.456 e. The second-order valence-corrected chi connectivity index (χ2v) is 6.14. The number of likely N-dealkylation sites (tertiary alicyclic amines) is 1. The molecule has 0 N–H and O–H groups in total. The van der Waals surface area contributed by atoms with Gasteiger partial charge in [0.1, 0.15) is 6.10 Å². The van der Waals surface area contributed by atoms with Gasteiger partial charge in [0.2, 0.25) is 0 Å². The number of rotatable bonds is 3. The highest BCUT2D eigenvalue weighted by molar-refractivity contribution is 6.02. The number of esters is 1. The molecule has 1 saturated heterocycles. The molecule has 2 heterocycles. The first-order valence-corrected chi connectivity index (χ1v) is 7.91. The lowest BCUT2D eigenvalue weighted by atomic mass is 9.99. The summed E-state index contributed by atoms with van der Waals surface area (Å²) in [5, 5.41) is 5.18. The van der Waals surface area contributed by atoms with Gasteiger partial charge in [0, 0.05) is 18.5 Å². The Kier molecular flexibility index (Phi) is 4.16. The molecule has 0 aliphatic carbocycles. The molecule has 2 aromatic rings. The van der Waals surface area contributed by atoms with E-state index in [2.05, 4.69) is 17.0 Å². The molecule has 2 unspecified atom stereocenters. The van der Waals surface area contributed by atoms with Crippen LogP contribution in [0.1, 0.15) is 36.7 Å². The second-order valence-electron chi connectivity index (χ2n) is 6.14. The number of piperidine rings is 1. The second kappa shape index (κ2) is 6.08. The first-order chi connectivity index (χ1) is 10.6. The Balaban J connectivity index is 1.78. The number of aromatic nitrogens is 2. The van der Waals surface area contributed by atoms with Crippen LogP contribution in [0, 0.1) is 0 Å². The molecular weight excluding hydrogens is 278 g/mol. The van der Waals surface area contributed by atoms with Gasteiger partial charge in [-0.3, -0.25) is 9.58 Å². The highest BCUT2D eigenvalue weighted by Gasteiger charge is 2.28. The number of ether oxygens (including phenoxy) is 1. The van der Waals surface area contributed by atoms with E-state index >= 15 is 0 Å². The molecule has 22 heavy (non-hydrogen) atoms. The third kappa shape index (κ3) is 2.73. The van der Waals surface area contributed by atoms with E-state index in [9.17, 15) is 4.79 Å². The molecule has 5 heteroatoms. The first kappa shape index (κ1) is 15.0. The molecule has 5 nitrogen and oxygen atoms in total. The fraction of sp³-hybridized carbons (Fsp3) is 0.529. The molecule has 0 bridgehead atoms. The summed E-state index contributed by atoms with van der Waals surface area (Å²) in [4.78, 5) is 14.8. The van der Waals surface area contributed by atoms with Gasteiger partial charge < -0.3 is 4.74 Å². The largest absolute Gasteiger partial charge is 0.456 e. The number of benzene rings is 1. The van der Waals surface area contributed by atoms with Crippen LogP contribution in [0.5, 0.6) is 0 Å². The van der Waals surface area contributed by atoms with E-state index in [1.165, 1.54) is 12.8 Å². The average molecular weight is 301 g/mol. The molecule has 1 aliphatic heterocycles. The van der Waals surface area contributed by atoms with Crippen molar-refractivity contribution < 1.29 is 9.53 Å². The third-order valence-corrected chi connectivity index (χ3v) is 4.61. The van der Waals surface area contributed by atoms with Crippen molar-refractivity contribution in [1.29, 1.82) is 0 Å². The van der Waals surface area contributed by atoms with E-state index in [-0.39, 0.29) is 12.1 Å². The number of para-hydroxylation sites is 1. The summed E-state index contributed by atoms with van der Waals surface area (Å²) < 4.78 is 7.44. The fourth-order valence-electron chi connectivity index (χ4n) is 3.36. The van der Waals surface area contributed by atoms with Gasteiger partial charge in [-0.25, -0.2) is 4.79 Å². The summed E-state index contributed by atoms with van der Waals surface area (Å²) in [5.41, 5.74) is 1.35. The predicted molar refractivity (Wildman–Crippen MR) is 85.9 cm³/mol. The Bertz CT molecular complexity index is 680. The van der Waals surface area contributed by atoms with Crippen LogP contribution in [0.15, 0.2) is 24.3 Å². The molecule has 3 rings (SSSR count). The molecular formula is C17H23N3O2. The zero-order valence-corrected chi connectivity index (χ0v) is 13.5. The van der Waals surface area contributed by atoms with Crippen molar-refractivity contribution in [2.24, 2.45) is 7.05 Å². The van der Waals surface area contributed by atoms with E-state index in [1.807, 2.05) is 38.2 Å². The minimum atomic E-state index is -0.330. The van der Waals surface area contributed by atoms with E-state index in [4.69, 9.17) is 4.74 Å². The van der Waals surface area contributed by atoms with E-state index < -0.39 is 0 Å². The number of hydrogen-bond acceptors (Lipinski definition) is 4. The normalized spacial score (nSPS) is 21.0. The summed E-state index contributed by atoms with van der Waals surface area (Å²) in [5.74, 6) is -0.330. The van der Waals surface area contributed by atoms with Crippen molar-refractivity contribution in [2.45, 2.75) is 38.3 Å². The van der Waals surface area contributed by atoms with Crippen molar-refractivity contribution in [1.82, 2.24) is 14.7 Å². The summed E-state index contributed by atoms with van der Waals surface area (Å²) in [6, 6.07) is 8.03. The lowest BCUT2D eigenvalue weighted by Crippen LogP contribution is -2.45. The SMILES string of the molecule is CC(OC(=O)c1nn(C)c2ccccc12)C1CCCCN1C. The minimum absolute atomic E-state index is 0.126. The van der Waals surface area contributed by atoms with Gasteiger partial charge in [-0.1, -0.05) is 24.6 Å². The lowest BCUT2D eigenvalue weighted by molar-refractivity contribution is 0.000772. The van der Waals surface area contributed by atoms with Crippen LogP contribution in [-0.4, -0.2) is 46.4 Å². The Morgan fingerprint density at radius 1 is 1.32 bits per heavy atom. The zero-order valence-electron chi connectivity index (χ0n) is 13.5. The summed E-state index contributed by atoms with van der Waals surface area (Å²) in [6.07, 6.45) is 3.37. The van der Waals surface area contributed by atoms with Crippen LogP contribution in [0.3, 0.4) is 0 Å². The monoisotopic (exact) mass is 301 g/mol. The maximum Gasteiger partial charge on any atom is 0.359 e. The van der Waals surface area contributed by atoms with Gasteiger partial charge in [-0.05, 0) is 39.4 Å². The average Bonchev–Trinajstić information content (AvgIpc) is 2.85. The van der Waals surface area contributed by atoms with E-state index in [0.29, 0.717) is 11.7 Å². The fourth-order valence-corrected chi connectivity index (χ4v) is 3.36. The number of carbonyl (C=O) groups is 1. The van der Waals surface area contributed by atoms with Crippen LogP contribution < -0.4 is 0 Å². The van der Waals surface area contributed by atoms with Crippen LogP contribution in [-0.2, 0) is 11.8 Å². The van der Waals surface area contributed by atoms with Crippen molar-refractivity contribution in [2.75, 3.05) is 13.6 Å². The Morgan fingerprint density at radius 3 is 2.86 bits per heavy atom. The highest BCUT2D eigenvalue weighted by atomic mass is 16.5. The molecule has 1 fully saturated rings. The Labute approximate surface area is 130 Å². The standard InChI is InChI=1S/C17H23N3O2/c1-12(14-9-6-7-11-19(14)2)22-17(21)16-13-8-4-5-10-15(13)20(3)18-16/h4-5,8,10,12,14H,6-7,9,11H2,1-3H3. The van der Waals surface area contributed by atoms with E-state index in [1.54, 1.807) is 4.68 Å². The summed E-state index contributed by atoms with van der Waals surface area (Å²) in [7, 11) is 3.95. The number of likely N-dealkylation sites (N-methyl/N-ethyl adjacent to an activating group) is 1. The van der Waals surface area contributed by atoms with Gasteiger partial charge in [0.05, 0.1) is 5.52 Å². The van der Waals surface area contributed by atoms with Crippen molar-refractivity contribution in [3.63, 3.8) is 0 Å². The van der Waals surface area contributed by atoms with Crippen molar-refractivity contribution in [3.8, 4) is 0 Å². The molecule has 2 atom stereocenters. The van der Waals surface area contributed by atoms with Gasteiger partial charge in [-0.15, -0.1) is 0 Å². The van der Waals surface area contributed by atoms with Gasteiger partial charge in [0.25, 0.3) is 0 Å². The van der Waals surface area contributed by atoms with Crippen LogP contribution >= 0.6 is 0 Å². The van der Waals surface area contributed by atoms with Gasteiger partial charge in [-0.2, -0.15) is 5.10 Å². The maximum absolute atomic E-state index is 12.5. The highest BCUT2D eigenvalue weighted by Crippen LogP contribution is 2.22. The number of nitrogens with zero attached hydrogens (tertiary/aromatic N) is 3. The Morgan fingerprint density at radius 2 is 2.09 bits per heavy atom. The van der Waals surface area contributed by atoms with Crippen LogP contribution in [0.4, 0.5) is 0 Å². The smallest absolute Gasteiger partial charge is 0.359 e. The number of fused-ring (bicyclic) bond motifs is 1. The third-order valence-electron chi connectivity index (χ3n) is 4.61. The molecule has 0 radical (unpaired) electrons. The van der Waals surface area contributed by atoms with Crippen molar-refractivity contribution in [3.05, 3.63) is 30.0 Å². The molecule has 1 aromatic carbocycles. The number of aryl methyl sites for hydroxylation is 1. The molecule has 118 valence electrons. The Hall–Kier alpha value is -1.88. The first-order valence-electron chi connectivity index (χ1n) is 7.91. The molecule has 0 spiro atoms. The molecule has 0 amide bonds. The van der Waals surface area contributed by atoms with E-state index in [0.717, 1.165) is 23.9 Å². The van der Waals surface area contributed by atoms with Crippen LogP contribution in [0.25, 0.3) is 10.9 Å². The maximum atomic E-state index is 12.5. The van der Waals surface area contributed by atoms with Gasteiger partial charge >= 0.3 is 5.97 Å². The van der Waals surface area contributed by atoms with Gasteiger partial charge in [0.15, 0.2) is 5.69 Å². The van der Waals surface area contributed by atoms with Crippen LogP contribution in [0.2, 0.25) is 0 Å². The number of hydrogen-bond donors (Lipinski definition) is 0. The lowest BCUT2D eigenvalue weighted by Gasteiger charge is -2.35. The topological polar surface area (TPSA) is 47.4 Å². The summed E-state index contributed by atoms with van der Waals surface area (Å²) in [6.45, 7) is 3.05. The quantitative estimate of drug-likeness (QED) is 0.818. The van der Waals surface area contributed by atoms with Crippen molar-refractivity contribution >= 4 is 16.9 Å². The zero-order chi connectivity index (χ0) is 15.7. The molecule has 0 saturated carbocycles. The number of carbonyl (C=O) groups excluding carboxylic acids is 1. The predicted octanol–water partition coefficient (Wildman–Crippen LogP) is 2.60.